The lowest BCUT2D eigenvalue weighted by Crippen LogP contribution is -1.92. The first-order valence-corrected chi connectivity index (χ1v) is 10.2. The average molecular weight is 418 g/mol. The Morgan fingerprint density at radius 1 is 1.00 bits per heavy atom. The molecule has 5 aromatic rings. The van der Waals surface area contributed by atoms with E-state index in [2.05, 4.69) is 20.4 Å². The first-order valence-electron chi connectivity index (χ1n) is 9.41. The number of methoxy groups -OCH3 is 1. The van der Waals surface area contributed by atoms with E-state index in [0.29, 0.717) is 17.4 Å². The molecular weight excluding hydrogens is 400 g/mol. The highest BCUT2D eigenvalue weighted by Gasteiger charge is 2.17. The number of H-pyrrole nitrogens is 1. The van der Waals surface area contributed by atoms with Crippen molar-refractivity contribution < 1.29 is 9.47 Å². The van der Waals surface area contributed by atoms with Gasteiger partial charge in [0.2, 0.25) is 10.8 Å². The fraction of sp³-hybridized carbons (Fsp3) is 0.143. The first kappa shape index (κ1) is 18.3. The van der Waals surface area contributed by atoms with Gasteiger partial charge < -0.3 is 9.47 Å². The summed E-state index contributed by atoms with van der Waals surface area (Å²) in [6, 6.07) is 17.6. The van der Waals surface area contributed by atoms with Gasteiger partial charge in [-0.2, -0.15) is 14.7 Å². The molecule has 5 rings (SSSR count). The van der Waals surface area contributed by atoms with Gasteiger partial charge in [-0.05, 0) is 49.4 Å². The van der Waals surface area contributed by atoms with Crippen LogP contribution >= 0.6 is 11.3 Å². The summed E-state index contributed by atoms with van der Waals surface area (Å²) in [5.41, 5.74) is 3.51. The van der Waals surface area contributed by atoms with E-state index < -0.39 is 0 Å². The van der Waals surface area contributed by atoms with Crippen molar-refractivity contribution in [2.75, 3.05) is 13.7 Å². The van der Waals surface area contributed by atoms with E-state index in [-0.39, 0.29) is 0 Å². The molecule has 30 heavy (non-hydrogen) atoms. The van der Waals surface area contributed by atoms with Crippen LogP contribution in [0, 0.1) is 0 Å². The van der Waals surface area contributed by atoms with Gasteiger partial charge in [0.15, 0.2) is 0 Å². The van der Waals surface area contributed by atoms with Crippen molar-refractivity contribution in [2.45, 2.75) is 6.92 Å². The zero-order valence-electron chi connectivity index (χ0n) is 16.4. The Balaban J connectivity index is 1.48. The molecule has 0 saturated carbocycles. The van der Waals surface area contributed by atoms with E-state index in [1.807, 2.05) is 61.5 Å². The molecule has 8 nitrogen and oxygen atoms in total. The summed E-state index contributed by atoms with van der Waals surface area (Å²) in [5, 5.41) is 21.6. The van der Waals surface area contributed by atoms with Crippen LogP contribution in [0.2, 0.25) is 0 Å². The summed E-state index contributed by atoms with van der Waals surface area (Å²) in [6.07, 6.45) is 0. The molecule has 0 radical (unpaired) electrons. The van der Waals surface area contributed by atoms with E-state index in [1.165, 1.54) is 11.3 Å². The molecule has 0 aliphatic rings. The minimum absolute atomic E-state index is 0.612. The van der Waals surface area contributed by atoms with Crippen LogP contribution in [-0.4, -0.2) is 43.7 Å². The van der Waals surface area contributed by atoms with Gasteiger partial charge in [0.25, 0.3) is 0 Å². The zero-order valence-corrected chi connectivity index (χ0v) is 17.2. The van der Waals surface area contributed by atoms with E-state index in [1.54, 1.807) is 11.6 Å². The molecule has 150 valence electrons. The monoisotopic (exact) mass is 418 g/mol. The highest BCUT2D eigenvalue weighted by Crippen LogP contribution is 2.30. The van der Waals surface area contributed by atoms with Crippen molar-refractivity contribution in [1.29, 1.82) is 0 Å². The highest BCUT2D eigenvalue weighted by atomic mass is 32.1. The fourth-order valence-electron chi connectivity index (χ4n) is 3.13. The molecule has 2 aromatic carbocycles. The SMILES string of the molecule is CCOc1cccc(-c2nn3c(-c4cc(-c5ccc(OC)cc5)n[nH]4)nnc3s2)c1. The maximum atomic E-state index is 5.60. The van der Waals surface area contributed by atoms with Crippen molar-refractivity contribution in [3.63, 3.8) is 0 Å². The van der Waals surface area contributed by atoms with Gasteiger partial charge in [-0.15, -0.1) is 10.2 Å². The molecule has 3 heterocycles. The van der Waals surface area contributed by atoms with Crippen molar-refractivity contribution in [3.8, 4) is 44.8 Å². The van der Waals surface area contributed by atoms with Gasteiger partial charge in [0.05, 0.1) is 19.4 Å². The molecule has 0 bridgehead atoms. The quantitative estimate of drug-likeness (QED) is 0.442. The van der Waals surface area contributed by atoms with Crippen molar-refractivity contribution in [1.82, 2.24) is 30.0 Å². The summed E-state index contributed by atoms with van der Waals surface area (Å²) in [7, 11) is 1.65. The Bertz CT molecular complexity index is 1300. The predicted octanol–water partition coefficient (Wildman–Crippen LogP) is 4.32. The summed E-state index contributed by atoms with van der Waals surface area (Å²) in [5.74, 6) is 2.23. The van der Waals surface area contributed by atoms with Crippen LogP contribution in [0.1, 0.15) is 6.92 Å². The van der Waals surface area contributed by atoms with Crippen LogP contribution in [0.15, 0.2) is 54.6 Å². The highest BCUT2D eigenvalue weighted by molar-refractivity contribution is 7.19. The topological polar surface area (TPSA) is 90.2 Å². The molecule has 9 heteroatoms. The van der Waals surface area contributed by atoms with Gasteiger partial charge in [-0.3, -0.25) is 5.10 Å². The molecule has 0 aliphatic carbocycles. The minimum atomic E-state index is 0.612. The Hall–Kier alpha value is -3.72. The third-order valence-corrected chi connectivity index (χ3v) is 5.54. The minimum Gasteiger partial charge on any atom is -0.497 e. The van der Waals surface area contributed by atoms with E-state index in [0.717, 1.165) is 39.0 Å². The molecule has 0 fully saturated rings. The molecule has 1 N–H and O–H groups in total. The third-order valence-electron chi connectivity index (χ3n) is 4.59. The number of hydrogen-bond donors (Lipinski definition) is 1. The number of ether oxygens (including phenoxy) is 2. The molecule has 0 aliphatic heterocycles. The molecule has 0 unspecified atom stereocenters. The Kier molecular flexibility index (Phi) is 4.64. The normalized spacial score (nSPS) is 11.1. The van der Waals surface area contributed by atoms with Crippen molar-refractivity contribution >= 4 is 16.3 Å². The van der Waals surface area contributed by atoms with E-state index in [4.69, 9.17) is 14.6 Å². The second-order valence-corrected chi connectivity index (χ2v) is 7.44. The molecule has 0 amide bonds. The number of hydrogen-bond acceptors (Lipinski definition) is 7. The standard InChI is InChI=1S/C21H18N6O2S/c1-3-29-16-6-4-5-14(11-16)20-26-27-19(24-25-21(27)30-20)18-12-17(22-23-18)13-7-9-15(28-2)10-8-13/h4-12H,3H2,1-2H3,(H,22,23). The number of aromatic amines is 1. The average Bonchev–Trinajstić information content (AvgIpc) is 3.50. The molecule has 0 spiro atoms. The van der Waals surface area contributed by atoms with E-state index >= 15 is 0 Å². The zero-order chi connectivity index (χ0) is 20.5. The molecular formula is C21H18N6O2S. The number of aromatic nitrogens is 6. The smallest absolute Gasteiger partial charge is 0.235 e. The van der Waals surface area contributed by atoms with Gasteiger partial charge in [0.1, 0.15) is 22.2 Å². The molecule has 0 atom stereocenters. The Morgan fingerprint density at radius 2 is 1.87 bits per heavy atom. The van der Waals surface area contributed by atoms with Crippen molar-refractivity contribution in [2.24, 2.45) is 0 Å². The lowest BCUT2D eigenvalue weighted by molar-refractivity contribution is 0.340. The van der Waals surface area contributed by atoms with Crippen molar-refractivity contribution in [3.05, 3.63) is 54.6 Å². The summed E-state index contributed by atoms with van der Waals surface area (Å²) in [6.45, 7) is 2.59. The van der Waals surface area contributed by atoms with Crippen LogP contribution in [0.4, 0.5) is 0 Å². The van der Waals surface area contributed by atoms with Crippen LogP contribution in [-0.2, 0) is 0 Å². The maximum Gasteiger partial charge on any atom is 0.235 e. The lowest BCUT2D eigenvalue weighted by atomic mass is 10.1. The second kappa shape index (κ2) is 7.60. The Labute approximate surface area is 176 Å². The maximum absolute atomic E-state index is 5.60. The summed E-state index contributed by atoms with van der Waals surface area (Å²) in [4.78, 5) is 0.711. The largest absolute Gasteiger partial charge is 0.497 e. The van der Waals surface area contributed by atoms with Gasteiger partial charge in [-0.25, -0.2) is 0 Å². The van der Waals surface area contributed by atoms with Crippen LogP contribution in [0.25, 0.3) is 38.3 Å². The molecule has 0 saturated heterocycles. The summed E-state index contributed by atoms with van der Waals surface area (Å²) < 4.78 is 12.5. The number of benzene rings is 2. The number of nitrogens with one attached hydrogen (secondary N) is 1. The van der Waals surface area contributed by atoms with Crippen LogP contribution in [0.3, 0.4) is 0 Å². The van der Waals surface area contributed by atoms with E-state index in [9.17, 15) is 0 Å². The second-order valence-electron chi connectivity index (χ2n) is 6.48. The number of nitrogens with zero attached hydrogens (tertiary/aromatic N) is 5. The lowest BCUT2D eigenvalue weighted by Gasteiger charge is -2.03. The van der Waals surface area contributed by atoms with Gasteiger partial charge in [0, 0.05) is 11.1 Å². The van der Waals surface area contributed by atoms with Crippen LogP contribution in [0.5, 0.6) is 11.5 Å². The molecule has 3 aromatic heterocycles. The third kappa shape index (κ3) is 3.29. The van der Waals surface area contributed by atoms with Gasteiger partial charge in [-0.1, -0.05) is 23.5 Å². The van der Waals surface area contributed by atoms with Gasteiger partial charge >= 0.3 is 0 Å². The number of fused-ring (bicyclic) bond motifs is 1. The van der Waals surface area contributed by atoms with Crippen LogP contribution < -0.4 is 9.47 Å². The fourth-order valence-corrected chi connectivity index (χ4v) is 3.97. The first-order chi connectivity index (χ1) is 14.7. The Morgan fingerprint density at radius 3 is 2.67 bits per heavy atom. The summed E-state index contributed by atoms with van der Waals surface area (Å²) >= 11 is 1.47. The number of rotatable bonds is 6. The predicted molar refractivity (Wildman–Crippen MR) is 115 cm³/mol.